The number of rotatable bonds is 7. The molecular weight excluding hydrogens is 412 g/mol. The van der Waals surface area contributed by atoms with Crippen molar-refractivity contribution in [3.05, 3.63) is 115 Å². The van der Waals surface area contributed by atoms with Gasteiger partial charge in [-0.2, -0.15) is 5.10 Å². The minimum atomic E-state index is -0.315. The third kappa shape index (κ3) is 4.57. The highest BCUT2D eigenvalue weighted by Crippen LogP contribution is 2.21. The maximum absolute atomic E-state index is 12.8. The van der Waals surface area contributed by atoms with Crippen molar-refractivity contribution >= 4 is 5.91 Å². The van der Waals surface area contributed by atoms with Crippen molar-refractivity contribution in [2.75, 3.05) is 6.54 Å². The fourth-order valence-electron chi connectivity index (χ4n) is 3.53. The van der Waals surface area contributed by atoms with Crippen LogP contribution in [0.5, 0.6) is 0 Å². The quantitative estimate of drug-likeness (QED) is 0.419. The Hall–Kier alpha value is -4.52. The Kier molecular flexibility index (Phi) is 5.75. The first-order chi connectivity index (χ1) is 16.3. The van der Waals surface area contributed by atoms with Crippen LogP contribution in [0.1, 0.15) is 16.3 Å². The Bertz CT molecular complexity index is 1290. The predicted molar refractivity (Wildman–Crippen MR) is 126 cm³/mol. The number of hydrogen-bond donors (Lipinski definition) is 1. The molecule has 0 spiro atoms. The fraction of sp³-hybridized carbons (Fsp3) is 0.0769. The van der Waals surface area contributed by atoms with Crippen molar-refractivity contribution in [2.24, 2.45) is 0 Å². The minimum absolute atomic E-state index is 0.132. The molecule has 0 aliphatic carbocycles. The minimum Gasteiger partial charge on any atom is -0.349 e. The molecule has 0 unspecified atom stereocenters. The topological polar surface area (TPSA) is 77.6 Å². The van der Waals surface area contributed by atoms with E-state index in [1.165, 1.54) is 0 Å². The molecule has 33 heavy (non-hydrogen) atoms. The van der Waals surface area contributed by atoms with Crippen LogP contribution in [-0.2, 0) is 6.42 Å². The number of nitrogens with zero attached hydrogens (tertiary/aromatic N) is 5. The smallest absolute Gasteiger partial charge is 0.291 e. The van der Waals surface area contributed by atoms with Gasteiger partial charge in [0.2, 0.25) is 5.82 Å². The van der Waals surface area contributed by atoms with Gasteiger partial charge in [0.15, 0.2) is 5.82 Å². The summed E-state index contributed by atoms with van der Waals surface area (Å²) in [6.07, 6.45) is 2.53. The molecule has 0 aliphatic rings. The lowest BCUT2D eigenvalue weighted by atomic mass is 10.2. The largest absolute Gasteiger partial charge is 0.349 e. The summed E-state index contributed by atoms with van der Waals surface area (Å²) in [5.41, 5.74) is 3.62. The van der Waals surface area contributed by atoms with Crippen LogP contribution in [0.15, 0.2) is 103 Å². The summed E-state index contributed by atoms with van der Waals surface area (Å²) in [6.45, 7) is 0.436. The highest BCUT2D eigenvalue weighted by Gasteiger charge is 2.18. The standard InChI is InChI=1S/C26H22N6O/c33-26(27-18-16-21-17-19-31(29-21)22-12-6-2-7-13-22)24-28-25(20-10-4-1-5-11-20)32(30-24)23-14-8-3-9-15-23/h1-15,17,19H,16,18H2,(H,27,33). The summed E-state index contributed by atoms with van der Waals surface area (Å²) in [4.78, 5) is 17.4. The third-order valence-corrected chi connectivity index (χ3v) is 5.17. The van der Waals surface area contributed by atoms with E-state index in [1.807, 2.05) is 108 Å². The second-order valence-corrected chi connectivity index (χ2v) is 7.47. The number of benzene rings is 3. The van der Waals surface area contributed by atoms with E-state index in [2.05, 4.69) is 20.5 Å². The van der Waals surface area contributed by atoms with E-state index in [0.717, 1.165) is 22.6 Å². The zero-order valence-corrected chi connectivity index (χ0v) is 17.9. The SMILES string of the molecule is O=C(NCCc1ccn(-c2ccccc2)n1)c1nc(-c2ccccc2)n(-c2ccccc2)n1. The number of para-hydroxylation sites is 2. The summed E-state index contributed by atoms with van der Waals surface area (Å²) < 4.78 is 3.53. The van der Waals surface area contributed by atoms with Gasteiger partial charge in [-0.1, -0.05) is 66.7 Å². The van der Waals surface area contributed by atoms with E-state index < -0.39 is 0 Å². The second-order valence-electron chi connectivity index (χ2n) is 7.47. The Morgan fingerprint density at radius 2 is 1.39 bits per heavy atom. The lowest BCUT2D eigenvalue weighted by Gasteiger charge is -2.05. The first-order valence-electron chi connectivity index (χ1n) is 10.7. The van der Waals surface area contributed by atoms with Gasteiger partial charge in [0.05, 0.1) is 17.1 Å². The summed E-state index contributed by atoms with van der Waals surface area (Å²) in [7, 11) is 0. The molecule has 0 atom stereocenters. The van der Waals surface area contributed by atoms with Gasteiger partial charge in [-0.15, -0.1) is 5.10 Å². The van der Waals surface area contributed by atoms with Gasteiger partial charge >= 0.3 is 0 Å². The molecule has 0 saturated heterocycles. The molecule has 3 aromatic carbocycles. The molecule has 2 aromatic heterocycles. The molecule has 5 rings (SSSR count). The summed E-state index contributed by atoms with van der Waals surface area (Å²) in [5, 5.41) is 12.0. The molecule has 162 valence electrons. The molecule has 7 heteroatoms. The Morgan fingerprint density at radius 1 is 0.758 bits per heavy atom. The summed E-state index contributed by atoms with van der Waals surface area (Å²) in [6, 6.07) is 31.3. The molecule has 7 nitrogen and oxygen atoms in total. The van der Waals surface area contributed by atoms with Crippen LogP contribution in [0.3, 0.4) is 0 Å². The lowest BCUT2D eigenvalue weighted by molar-refractivity contribution is 0.0944. The van der Waals surface area contributed by atoms with Gasteiger partial charge in [-0.25, -0.2) is 14.3 Å². The van der Waals surface area contributed by atoms with E-state index in [4.69, 9.17) is 0 Å². The van der Waals surface area contributed by atoms with Gasteiger partial charge in [0.25, 0.3) is 5.91 Å². The maximum atomic E-state index is 12.8. The highest BCUT2D eigenvalue weighted by atomic mass is 16.2. The molecule has 0 radical (unpaired) electrons. The Labute approximate surface area is 191 Å². The van der Waals surface area contributed by atoms with Gasteiger partial charge < -0.3 is 5.32 Å². The van der Waals surface area contributed by atoms with E-state index >= 15 is 0 Å². The number of aromatic nitrogens is 5. The number of hydrogen-bond acceptors (Lipinski definition) is 4. The molecule has 0 fully saturated rings. The van der Waals surface area contributed by atoms with Crippen molar-refractivity contribution in [1.29, 1.82) is 0 Å². The first kappa shape index (κ1) is 20.4. The van der Waals surface area contributed by atoms with E-state index in [-0.39, 0.29) is 11.7 Å². The van der Waals surface area contributed by atoms with E-state index in [1.54, 1.807) is 4.68 Å². The second kappa shape index (κ2) is 9.32. The molecular formula is C26H22N6O. The molecule has 1 amide bonds. The number of amides is 1. The van der Waals surface area contributed by atoms with Crippen LogP contribution in [0.4, 0.5) is 0 Å². The first-order valence-corrected chi connectivity index (χ1v) is 10.7. The normalized spacial score (nSPS) is 10.8. The molecule has 2 heterocycles. The van der Waals surface area contributed by atoms with Gasteiger partial charge in [-0.3, -0.25) is 4.79 Å². The van der Waals surface area contributed by atoms with Gasteiger partial charge in [0.1, 0.15) is 0 Å². The summed E-state index contributed by atoms with van der Waals surface area (Å²) in [5.74, 6) is 0.436. The number of carbonyl (C=O) groups is 1. The van der Waals surface area contributed by atoms with Crippen LogP contribution in [0.25, 0.3) is 22.8 Å². The molecule has 1 N–H and O–H groups in total. The van der Waals surface area contributed by atoms with E-state index in [9.17, 15) is 4.79 Å². The third-order valence-electron chi connectivity index (χ3n) is 5.17. The van der Waals surface area contributed by atoms with Crippen LogP contribution in [0.2, 0.25) is 0 Å². The zero-order valence-electron chi connectivity index (χ0n) is 17.9. The molecule has 0 aliphatic heterocycles. The van der Waals surface area contributed by atoms with Crippen molar-refractivity contribution < 1.29 is 4.79 Å². The van der Waals surface area contributed by atoms with Crippen LogP contribution in [-0.4, -0.2) is 37.0 Å². The van der Waals surface area contributed by atoms with Crippen LogP contribution >= 0.6 is 0 Å². The average Bonchev–Trinajstić information content (AvgIpc) is 3.54. The van der Waals surface area contributed by atoms with Crippen molar-refractivity contribution in [2.45, 2.75) is 6.42 Å². The van der Waals surface area contributed by atoms with E-state index in [0.29, 0.717) is 18.8 Å². The Balaban J connectivity index is 1.30. The summed E-state index contributed by atoms with van der Waals surface area (Å²) >= 11 is 0. The average molecular weight is 435 g/mol. The van der Waals surface area contributed by atoms with Gasteiger partial charge in [-0.05, 0) is 30.3 Å². The zero-order chi connectivity index (χ0) is 22.5. The highest BCUT2D eigenvalue weighted by molar-refractivity contribution is 5.91. The lowest BCUT2D eigenvalue weighted by Crippen LogP contribution is -2.27. The fourth-order valence-corrected chi connectivity index (χ4v) is 3.53. The monoisotopic (exact) mass is 434 g/mol. The number of carbonyl (C=O) groups excluding carboxylic acids is 1. The Morgan fingerprint density at radius 3 is 2.09 bits per heavy atom. The number of nitrogens with one attached hydrogen (secondary N) is 1. The molecule has 0 bridgehead atoms. The predicted octanol–water partition coefficient (Wildman–Crippen LogP) is 4.09. The molecule has 5 aromatic rings. The van der Waals surface area contributed by atoms with Crippen LogP contribution < -0.4 is 5.32 Å². The molecule has 0 saturated carbocycles. The van der Waals surface area contributed by atoms with Crippen molar-refractivity contribution in [1.82, 2.24) is 29.9 Å². The van der Waals surface area contributed by atoms with Crippen molar-refractivity contribution in [3.63, 3.8) is 0 Å². The maximum Gasteiger partial charge on any atom is 0.291 e. The van der Waals surface area contributed by atoms with Crippen LogP contribution in [0, 0.1) is 0 Å². The van der Waals surface area contributed by atoms with Crippen molar-refractivity contribution in [3.8, 4) is 22.8 Å². The van der Waals surface area contributed by atoms with Gasteiger partial charge in [0, 0.05) is 24.7 Å².